The lowest BCUT2D eigenvalue weighted by atomic mass is 10.1. The van der Waals surface area contributed by atoms with Gasteiger partial charge in [0.2, 0.25) is 5.91 Å². The van der Waals surface area contributed by atoms with E-state index in [1.807, 2.05) is 18.7 Å². The van der Waals surface area contributed by atoms with Crippen LogP contribution in [-0.2, 0) is 9.53 Å². The average Bonchev–Trinajstić information content (AvgIpc) is 3.26. The molecule has 3 N–H and O–H groups in total. The summed E-state index contributed by atoms with van der Waals surface area (Å²) in [4.78, 5) is 25.6. The number of carbonyl (C=O) groups is 1. The molecule has 1 fully saturated rings. The van der Waals surface area contributed by atoms with Gasteiger partial charge in [-0.1, -0.05) is 24.6 Å². The van der Waals surface area contributed by atoms with Crippen molar-refractivity contribution < 1.29 is 14.3 Å². The molecule has 0 aromatic carbocycles. The van der Waals surface area contributed by atoms with Crippen LogP contribution in [0.4, 0.5) is 17.3 Å². The van der Waals surface area contributed by atoms with Gasteiger partial charge in [0.25, 0.3) is 0 Å². The number of anilines is 3. The first-order chi connectivity index (χ1) is 15.4. The molecule has 0 saturated carbocycles. The van der Waals surface area contributed by atoms with E-state index in [0.717, 1.165) is 31.6 Å². The predicted molar refractivity (Wildman–Crippen MR) is 127 cm³/mol. The van der Waals surface area contributed by atoms with Crippen molar-refractivity contribution >= 4 is 23.2 Å². The fourth-order valence-corrected chi connectivity index (χ4v) is 4.07. The number of hydrogen-bond donors (Lipinski definition) is 2. The van der Waals surface area contributed by atoms with Gasteiger partial charge in [0, 0.05) is 20.2 Å². The fraction of sp³-hybridized carbons (Fsp3) is 0.609. The molecule has 9 heteroatoms. The largest absolute Gasteiger partial charge is 0.458 e. The molecule has 176 valence electrons. The van der Waals surface area contributed by atoms with Crippen molar-refractivity contribution in [3.8, 4) is 6.01 Å². The summed E-state index contributed by atoms with van der Waals surface area (Å²) in [5, 5.41) is 2.81. The minimum atomic E-state index is -0.175. The minimum absolute atomic E-state index is 0.138. The number of nitrogens with one attached hydrogen (secondary N) is 1. The van der Waals surface area contributed by atoms with Gasteiger partial charge in [-0.25, -0.2) is 0 Å². The molecule has 1 saturated heterocycles. The third-order valence-corrected chi connectivity index (χ3v) is 5.72. The van der Waals surface area contributed by atoms with Gasteiger partial charge in [0.15, 0.2) is 11.6 Å². The zero-order valence-corrected chi connectivity index (χ0v) is 19.7. The van der Waals surface area contributed by atoms with E-state index in [4.69, 9.17) is 15.2 Å². The van der Waals surface area contributed by atoms with Crippen LogP contribution in [0.25, 0.3) is 0 Å². The van der Waals surface area contributed by atoms with E-state index < -0.39 is 0 Å². The van der Waals surface area contributed by atoms with E-state index in [9.17, 15) is 4.79 Å². The van der Waals surface area contributed by atoms with Crippen molar-refractivity contribution in [2.24, 2.45) is 0 Å². The third-order valence-electron chi connectivity index (χ3n) is 5.72. The standard InChI is InChI=1S/C23H36N6O3/c1-5-17(11-16(3)12-28-9-7-8-10-28)13-29-14-19(30)25-20-21(24)26-23(27-22(20)29)32-18(6-2)15-31-4/h5,11,18H,6-10,12-15H2,1-4H3,(H,25,30)(H2,24,26,27). The molecule has 0 bridgehead atoms. The van der Waals surface area contributed by atoms with Gasteiger partial charge in [-0.05, 0) is 51.8 Å². The Morgan fingerprint density at radius 3 is 2.69 bits per heavy atom. The topological polar surface area (TPSA) is 106 Å². The molecule has 0 aliphatic carbocycles. The molecule has 1 unspecified atom stereocenters. The number of nitrogen functional groups attached to an aromatic ring is 1. The normalized spacial score (nSPS) is 18.5. The first-order valence-electron chi connectivity index (χ1n) is 11.4. The number of aromatic nitrogens is 2. The summed E-state index contributed by atoms with van der Waals surface area (Å²) in [6.45, 7) is 10.6. The Hall–Kier alpha value is -2.65. The van der Waals surface area contributed by atoms with E-state index in [0.29, 0.717) is 24.7 Å². The van der Waals surface area contributed by atoms with Gasteiger partial charge in [0.1, 0.15) is 11.8 Å². The van der Waals surface area contributed by atoms with Gasteiger partial charge < -0.3 is 25.4 Å². The molecule has 9 nitrogen and oxygen atoms in total. The maximum Gasteiger partial charge on any atom is 0.320 e. The van der Waals surface area contributed by atoms with Gasteiger partial charge in [0.05, 0.1) is 13.2 Å². The van der Waals surface area contributed by atoms with Gasteiger partial charge in [-0.2, -0.15) is 9.97 Å². The molecule has 1 atom stereocenters. The number of likely N-dealkylation sites (tertiary alicyclic amines) is 1. The second-order valence-electron chi connectivity index (χ2n) is 8.44. The van der Waals surface area contributed by atoms with Crippen molar-refractivity contribution in [3.05, 3.63) is 23.3 Å². The van der Waals surface area contributed by atoms with Gasteiger partial charge >= 0.3 is 6.01 Å². The molecule has 1 amide bonds. The van der Waals surface area contributed by atoms with E-state index >= 15 is 0 Å². The van der Waals surface area contributed by atoms with Crippen molar-refractivity contribution in [2.45, 2.75) is 46.1 Å². The molecule has 2 aliphatic heterocycles. The Kier molecular flexibility index (Phi) is 8.46. The molecule has 3 heterocycles. The lowest BCUT2D eigenvalue weighted by Gasteiger charge is -2.31. The summed E-state index contributed by atoms with van der Waals surface area (Å²) in [7, 11) is 1.63. The number of nitrogens with two attached hydrogens (primary N) is 1. The molecular formula is C23H36N6O3. The number of ether oxygens (including phenoxy) is 2. The first-order valence-corrected chi connectivity index (χ1v) is 11.4. The molecule has 3 rings (SSSR count). The Labute approximate surface area is 190 Å². The number of hydrogen-bond acceptors (Lipinski definition) is 8. The van der Waals surface area contributed by atoms with E-state index in [-0.39, 0.29) is 30.4 Å². The van der Waals surface area contributed by atoms with E-state index in [2.05, 4.69) is 39.3 Å². The number of amides is 1. The van der Waals surface area contributed by atoms with Crippen LogP contribution >= 0.6 is 0 Å². The number of carbonyl (C=O) groups excluding carboxylic acids is 1. The summed E-state index contributed by atoms with van der Waals surface area (Å²) < 4.78 is 11.1. The van der Waals surface area contributed by atoms with Crippen molar-refractivity contribution in [2.75, 3.05) is 62.4 Å². The third kappa shape index (κ3) is 6.20. The van der Waals surface area contributed by atoms with Crippen LogP contribution in [-0.4, -0.2) is 73.3 Å². The number of allylic oxidation sites excluding steroid dienone is 1. The van der Waals surface area contributed by atoms with Crippen LogP contribution in [0.3, 0.4) is 0 Å². The summed E-state index contributed by atoms with van der Waals surface area (Å²) in [6, 6.07) is 0.189. The fourth-order valence-electron chi connectivity index (χ4n) is 4.07. The first kappa shape index (κ1) is 24.0. The zero-order chi connectivity index (χ0) is 23.1. The maximum atomic E-state index is 12.4. The Morgan fingerprint density at radius 1 is 1.28 bits per heavy atom. The predicted octanol–water partition coefficient (Wildman–Crippen LogP) is 2.61. The maximum absolute atomic E-state index is 12.4. The lowest BCUT2D eigenvalue weighted by Crippen LogP contribution is -2.40. The number of rotatable bonds is 10. The molecule has 1 aromatic heterocycles. The van der Waals surface area contributed by atoms with Crippen molar-refractivity contribution in [1.29, 1.82) is 0 Å². The van der Waals surface area contributed by atoms with Crippen molar-refractivity contribution in [1.82, 2.24) is 14.9 Å². The summed E-state index contributed by atoms with van der Waals surface area (Å²) in [5.74, 6) is 0.628. The minimum Gasteiger partial charge on any atom is -0.458 e. The molecule has 2 aliphatic rings. The van der Waals surface area contributed by atoms with Gasteiger partial charge in [-0.15, -0.1) is 0 Å². The highest BCUT2D eigenvalue weighted by Gasteiger charge is 2.28. The highest BCUT2D eigenvalue weighted by Crippen LogP contribution is 2.34. The Morgan fingerprint density at radius 2 is 2.03 bits per heavy atom. The van der Waals surface area contributed by atoms with Crippen LogP contribution in [0.15, 0.2) is 23.3 Å². The van der Waals surface area contributed by atoms with Gasteiger partial charge in [-0.3, -0.25) is 9.69 Å². The van der Waals surface area contributed by atoms with E-state index in [1.165, 1.54) is 18.4 Å². The van der Waals surface area contributed by atoms with Crippen LogP contribution < -0.4 is 20.7 Å². The molecular weight excluding hydrogens is 408 g/mol. The Bertz CT molecular complexity index is 864. The van der Waals surface area contributed by atoms with Crippen LogP contribution in [0, 0.1) is 0 Å². The van der Waals surface area contributed by atoms with Crippen molar-refractivity contribution in [3.63, 3.8) is 0 Å². The van der Waals surface area contributed by atoms with Crippen LogP contribution in [0.2, 0.25) is 0 Å². The second-order valence-corrected chi connectivity index (χ2v) is 8.44. The molecule has 1 aromatic rings. The SMILES string of the molecule is CC=C(C=C(C)CN1CCCC1)CN1CC(=O)Nc2c(N)nc(OC(CC)COC)nc21. The highest BCUT2D eigenvalue weighted by molar-refractivity contribution is 6.03. The van der Waals surface area contributed by atoms with Crippen LogP contribution in [0.5, 0.6) is 6.01 Å². The van der Waals surface area contributed by atoms with Crippen LogP contribution in [0.1, 0.15) is 40.0 Å². The quantitative estimate of drug-likeness (QED) is 0.531. The lowest BCUT2D eigenvalue weighted by molar-refractivity contribution is -0.115. The molecule has 0 spiro atoms. The number of nitrogens with zero attached hydrogens (tertiary/aromatic N) is 4. The monoisotopic (exact) mass is 444 g/mol. The number of fused-ring (bicyclic) bond motifs is 1. The molecule has 0 radical (unpaired) electrons. The summed E-state index contributed by atoms with van der Waals surface area (Å²) in [6.07, 6.45) is 7.41. The highest BCUT2D eigenvalue weighted by atomic mass is 16.5. The zero-order valence-electron chi connectivity index (χ0n) is 19.7. The smallest absolute Gasteiger partial charge is 0.320 e. The van der Waals surface area contributed by atoms with E-state index in [1.54, 1.807) is 7.11 Å². The number of methoxy groups -OCH3 is 1. The average molecular weight is 445 g/mol. The summed E-state index contributed by atoms with van der Waals surface area (Å²) >= 11 is 0. The second kappa shape index (κ2) is 11.3. The molecule has 32 heavy (non-hydrogen) atoms. The Balaban J connectivity index is 1.80. The summed E-state index contributed by atoms with van der Waals surface area (Å²) in [5.41, 5.74) is 9.01.